The molecule has 0 spiro atoms. The van der Waals surface area contributed by atoms with Crippen LogP contribution in [0.15, 0.2) is 45.9 Å². The van der Waals surface area contributed by atoms with Gasteiger partial charge >= 0.3 is 5.97 Å². The molecule has 1 saturated heterocycles. The molecule has 4 heterocycles. The number of nitrogens with one attached hydrogen (secondary N) is 1. The second kappa shape index (κ2) is 11.9. The van der Waals surface area contributed by atoms with Gasteiger partial charge in [0.25, 0.3) is 0 Å². The lowest BCUT2D eigenvalue weighted by Crippen LogP contribution is -2.45. The minimum Gasteiger partial charge on any atom is -0.504 e. The molecule has 3 aromatic rings. The molecular weight excluding hydrogens is 510 g/mol. The Kier molecular flexibility index (Phi) is 8.18. The summed E-state index contributed by atoms with van der Waals surface area (Å²) in [5, 5.41) is 14.2. The van der Waals surface area contributed by atoms with Crippen LogP contribution in [0.25, 0.3) is 11.6 Å². The lowest BCUT2D eigenvalue weighted by atomic mass is 10.1. The number of aliphatic imine (C=N–C) groups is 1. The second-order valence-electron chi connectivity index (χ2n) is 10.3. The maximum Gasteiger partial charge on any atom is 0.347 e. The monoisotopic (exact) mass is 545 g/mol. The molecule has 10 nitrogen and oxygen atoms in total. The van der Waals surface area contributed by atoms with Crippen molar-refractivity contribution in [3.05, 3.63) is 59.0 Å². The van der Waals surface area contributed by atoms with Gasteiger partial charge in [-0.15, -0.1) is 0 Å². The number of carbonyl (C=O) groups excluding carboxylic acids is 1. The van der Waals surface area contributed by atoms with E-state index in [1.807, 2.05) is 37.3 Å². The van der Waals surface area contributed by atoms with Crippen LogP contribution in [0, 0.1) is 6.92 Å². The van der Waals surface area contributed by atoms with Crippen molar-refractivity contribution in [2.45, 2.75) is 26.9 Å². The Morgan fingerprint density at radius 3 is 2.77 bits per heavy atom. The molecular formula is C30H35N5O5. The first-order valence-electron chi connectivity index (χ1n) is 13.5. The zero-order valence-corrected chi connectivity index (χ0v) is 23.3. The van der Waals surface area contributed by atoms with Gasteiger partial charge in [-0.2, -0.15) is 0 Å². The number of hydrogen-bond acceptors (Lipinski definition) is 10. The number of fused-ring (bicyclic) bond motifs is 1. The third-order valence-corrected chi connectivity index (χ3v) is 6.88. The molecule has 2 aliphatic rings. The number of piperazine rings is 1. The largest absolute Gasteiger partial charge is 0.504 e. The average Bonchev–Trinajstić information content (AvgIpc) is 3.47. The minimum atomic E-state index is -0.688. The van der Waals surface area contributed by atoms with Gasteiger partial charge in [0.15, 0.2) is 22.9 Å². The summed E-state index contributed by atoms with van der Waals surface area (Å²) in [7, 11) is 2.14. The van der Waals surface area contributed by atoms with E-state index in [1.165, 1.54) is 0 Å². The highest BCUT2D eigenvalue weighted by Crippen LogP contribution is 2.40. The molecule has 40 heavy (non-hydrogen) atoms. The molecule has 2 aromatic heterocycles. The van der Waals surface area contributed by atoms with E-state index in [0.717, 1.165) is 49.6 Å². The van der Waals surface area contributed by atoms with Crippen molar-refractivity contribution in [1.82, 2.24) is 14.8 Å². The number of benzene rings is 1. The topological polar surface area (TPSA) is 113 Å². The third kappa shape index (κ3) is 6.19. The van der Waals surface area contributed by atoms with Crippen molar-refractivity contribution >= 4 is 41.2 Å². The normalized spacial score (nSPS) is 16.5. The maximum absolute atomic E-state index is 13.0. The van der Waals surface area contributed by atoms with Gasteiger partial charge in [-0.05, 0) is 69.8 Å². The van der Waals surface area contributed by atoms with Gasteiger partial charge in [-0.25, -0.2) is 14.8 Å². The van der Waals surface area contributed by atoms with Crippen LogP contribution in [-0.2, 0) is 4.74 Å². The Morgan fingerprint density at radius 1 is 1.23 bits per heavy atom. The number of rotatable bonds is 9. The van der Waals surface area contributed by atoms with E-state index >= 15 is 0 Å². The lowest BCUT2D eigenvalue weighted by Gasteiger charge is -2.32. The molecule has 0 amide bonds. The quantitative estimate of drug-likeness (QED) is 0.363. The van der Waals surface area contributed by atoms with Crippen molar-refractivity contribution in [2.24, 2.45) is 4.99 Å². The first-order valence-corrected chi connectivity index (χ1v) is 13.5. The molecule has 0 radical (unpaired) electrons. The summed E-state index contributed by atoms with van der Waals surface area (Å²) in [4.78, 5) is 26.3. The van der Waals surface area contributed by atoms with Gasteiger partial charge in [-0.1, -0.05) is 0 Å². The first kappa shape index (κ1) is 27.4. The van der Waals surface area contributed by atoms with Gasteiger partial charge < -0.3 is 29.2 Å². The molecule has 1 aromatic carbocycles. The van der Waals surface area contributed by atoms with Gasteiger partial charge in [0.2, 0.25) is 5.88 Å². The van der Waals surface area contributed by atoms with Crippen molar-refractivity contribution in [1.29, 1.82) is 0 Å². The smallest absolute Gasteiger partial charge is 0.347 e. The number of nitrogens with zero attached hydrogens (tertiary/aromatic N) is 4. The lowest BCUT2D eigenvalue weighted by molar-refractivity contribution is 0.0376. The highest BCUT2D eigenvalue weighted by Gasteiger charge is 2.28. The average molecular weight is 546 g/mol. The Bertz CT molecular complexity index is 1440. The van der Waals surface area contributed by atoms with E-state index in [-0.39, 0.29) is 29.1 Å². The van der Waals surface area contributed by atoms with Crippen molar-refractivity contribution in [2.75, 3.05) is 51.7 Å². The Morgan fingerprint density at radius 2 is 2.02 bits per heavy atom. The number of furan rings is 1. The molecule has 0 aliphatic carbocycles. The van der Waals surface area contributed by atoms with Crippen LogP contribution >= 0.6 is 0 Å². The summed E-state index contributed by atoms with van der Waals surface area (Å²) in [5.41, 5.74) is 3.03. The number of aromatic nitrogens is 1. The van der Waals surface area contributed by atoms with Crippen LogP contribution in [-0.4, -0.2) is 84.6 Å². The number of esters is 1. The van der Waals surface area contributed by atoms with Crippen LogP contribution in [0.3, 0.4) is 0 Å². The van der Waals surface area contributed by atoms with Crippen LogP contribution in [0.2, 0.25) is 0 Å². The summed E-state index contributed by atoms with van der Waals surface area (Å²) in [6.45, 7) is 11.2. The summed E-state index contributed by atoms with van der Waals surface area (Å²) < 4.78 is 17.4. The molecule has 0 saturated carbocycles. The van der Waals surface area contributed by atoms with Crippen molar-refractivity contribution in [3.8, 4) is 11.5 Å². The number of aryl methyl sites for hydroxylation is 1. The van der Waals surface area contributed by atoms with E-state index in [2.05, 4.69) is 32.1 Å². The zero-order valence-electron chi connectivity index (χ0n) is 23.3. The first-order chi connectivity index (χ1) is 19.3. The molecule has 5 rings (SSSR count). The van der Waals surface area contributed by atoms with E-state index in [4.69, 9.17) is 13.9 Å². The van der Waals surface area contributed by atoms with Crippen LogP contribution < -0.4 is 10.1 Å². The Balaban J connectivity index is 1.34. The minimum absolute atomic E-state index is 0.0752. The van der Waals surface area contributed by atoms with E-state index in [9.17, 15) is 9.90 Å². The number of ether oxygens (including phenoxy) is 2. The molecule has 2 aliphatic heterocycles. The molecule has 1 fully saturated rings. The standard InChI is InChI=1S/C30H35N5O5/c1-19(2)39-30(37)26-27(36)25(17-21-18-32-28-23(21)6-5-9-31-28)40-29(26)33-24-8-7-22(16-20(24)3)38-15-14-35-12-10-34(4)11-13-35/h5-9,16-19,33,36H,10-15H2,1-4H3. The van der Waals surface area contributed by atoms with Crippen molar-refractivity contribution in [3.63, 3.8) is 0 Å². The van der Waals surface area contributed by atoms with E-state index < -0.39 is 5.97 Å². The van der Waals surface area contributed by atoms with Crippen LogP contribution in [0.5, 0.6) is 11.5 Å². The SMILES string of the molecule is Cc1cc(OCCN2CCN(C)CC2)ccc1Nc1oc(C=C2C=Nc3ncccc32)c(O)c1C(=O)OC(C)C. The summed E-state index contributed by atoms with van der Waals surface area (Å²) in [5.74, 6) is 0.539. The molecule has 0 atom stereocenters. The summed E-state index contributed by atoms with van der Waals surface area (Å²) in [6.07, 6.45) is 4.57. The number of pyridine rings is 1. The number of likely N-dealkylation sites (N-methyl/N-ethyl adjacent to an activating group) is 1. The summed E-state index contributed by atoms with van der Waals surface area (Å²) >= 11 is 0. The predicted molar refractivity (Wildman–Crippen MR) is 155 cm³/mol. The summed E-state index contributed by atoms with van der Waals surface area (Å²) in [6, 6.07) is 9.36. The number of carbonyl (C=O) groups is 1. The fraction of sp³-hybridized carbons (Fsp3) is 0.367. The van der Waals surface area contributed by atoms with Crippen molar-refractivity contribution < 1.29 is 23.8 Å². The second-order valence-corrected chi connectivity index (χ2v) is 10.3. The zero-order chi connectivity index (χ0) is 28.2. The third-order valence-electron chi connectivity index (χ3n) is 6.88. The maximum atomic E-state index is 13.0. The number of aromatic hydroxyl groups is 1. The van der Waals surface area contributed by atoms with Crippen LogP contribution in [0.1, 0.15) is 41.1 Å². The fourth-order valence-electron chi connectivity index (χ4n) is 4.62. The highest BCUT2D eigenvalue weighted by molar-refractivity contribution is 6.21. The molecule has 10 heteroatoms. The van der Waals surface area contributed by atoms with Gasteiger partial charge in [0.1, 0.15) is 12.4 Å². The Labute approximate surface area is 233 Å². The molecule has 210 valence electrons. The van der Waals surface area contributed by atoms with Gasteiger partial charge in [0, 0.05) is 62.0 Å². The van der Waals surface area contributed by atoms with E-state index in [1.54, 1.807) is 32.3 Å². The fourth-order valence-corrected chi connectivity index (χ4v) is 4.62. The predicted octanol–water partition coefficient (Wildman–Crippen LogP) is 4.88. The van der Waals surface area contributed by atoms with E-state index in [0.29, 0.717) is 23.7 Å². The number of anilines is 2. The molecule has 2 N–H and O–H groups in total. The highest BCUT2D eigenvalue weighted by atomic mass is 16.5. The van der Waals surface area contributed by atoms with Crippen LogP contribution in [0.4, 0.5) is 17.4 Å². The van der Waals surface area contributed by atoms with Gasteiger partial charge in [-0.3, -0.25) is 4.90 Å². The molecule has 0 bridgehead atoms. The number of hydrogen-bond donors (Lipinski definition) is 2. The number of allylic oxidation sites excluding steroid dienone is 1. The van der Waals surface area contributed by atoms with Gasteiger partial charge in [0.05, 0.1) is 6.10 Å². The molecule has 0 unspecified atom stereocenters. The Hall–Kier alpha value is -4.15.